The average Bonchev–Trinajstić information content (AvgIpc) is 2.73. The van der Waals surface area contributed by atoms with Gasteiger partial charge in [0.1, 0.15) is 0 Å². The minimum Gasteiger partial charge on any atom is -0.255 e. The highest BCUT2D eigenvalue weighted by Gasteiger charge is 1.94. The van der Waals surface area contributed by atoms with Gasteiger partial charge in [0.2, 0.25) is 0 Å². The van der Waals surface area contributed by atoms with Crippen molar-refractivity contribution in [1.82, 2.24) is 0 Å². The van der Waals surface area contributed by atoms with Gasteiger partial charge in [0.25, 0.3) is 0 Å². The molecule has 0 spiro atoms. The lowest BCUT2D eigenvalue weighted by molar-refractivity contribution is 1.46. The van der Waals surface area contributed by atoms with Crippen molar-refractivity contribution in [3.8, 4) is 6.07 Å². The van der Waals surface area contributed by atoms with E-state index < -0.39 is 0 Å². The molecule has 1 heterocycles. The van der Waals surface area contributed by atoms with Crippen LogP contribution in [0.5, 0.6) is 0 Å². The second-order valence-electron chi connectivity index (χ2n) is 3.06. The number of rotatable bonds is 2. The van der Waals surface area contributed by atoms with Crippen molar-refractivity contribution in [2.75, 3.05) is 0 Å². The zero-order chi connectivity index (χ0) is 11.4. The molecule has 0 saturated heterocycles. The standard InChI is InChI=1S/C12H7BrN2S/c13-12-6-5-11(16-12)8-15-10-3-1-9(7-14)2-4-10/h1-6,8H. The molecule has 0 N–H and O–H groups in total. The van der Waals surface area contributed by atoms with Gasteiger partial charge in [-0.15, -0.1) is 11.3 Å². The molecule has 0 amide bonds. The maximum atomic E-state index is 8.65. The van der Waals surface area contributed by atoms with Crippen molar-refractivity contribution in [2.45, 2.75) is 0 Å². The highest BCUT2D eigenvalue weighted by atomic mass is 79.9. The molecule has 0 fully saturated rings. The van der Waals surface area contributed by atoms with Crippen LogP contribution < -0.4 is 0 Å². The first kappa shape index (κ1) is 11.1. The summed E-state index contributed by atoms with van der Waals surface area (Å²) >= 11 is 5.03. The molecule has 0 aliphatic heterocycles. The van der Waals surface area contributed by atoms with Crippen LogP contribution in [-0.4, -0.2) is 6.21 Å². The van der Waals surface area contributed by atoms with Crippen LogP contribution in [0.1, 0.15) is 10.4 Å². The summed E-state index contributed by atoms with van der Waals surface area (Å²) in [6, 6.07) is 13.3. The van der Waals surface area contributed by atoms with Gasteiger partial charge < -0.3 is 0 Å². The molecular formula is C12H7BrN2S. The van der Waals surface area contributed by atoms with Crippen molar-refractivity contribution >= 4 is 39.2 Å². The highest BCUT2D eigenvalue weighted by molar-refractivity contribution is 9.11. The molecule has 0 atom stereocenters. The SMILES string of the molecule is N#Cc1ccc(N=Cc2ccc(Br)s2)cc1. The molecule has 0 bridgehead atoms. The first-order valence-corrected chi connectivity index (χ1v) is 6.18. The Morgan fingerprint density at radius 1 is 1.19 bits per heavy atom. The number of nitrogens with zero attached hydrogens (tertiary/aromatic N) is 2. The Balaban J connectivity index is 2.15. The predicted octanol–water partition coefficient (Wildman–Crippen LogP) is 4.13. The molecule has 2 nitrogen and oxygen atoms in total. The number of hydrogen-bond donors (Lipinski definition) is 0. The van der Waals surface area contributed by atoms with Crippen LogP contribution >= 0.6 is 27.3 Å². The molecule has 1 aromatic heterocycles. The summed E-state index contributed by atoms with van der Waals surface area (Å²) in [5.74, 6) is 0. The molecule has 0 aliphatic rings. The summed E-state index contributed by atoms with van der Waals surface area (Å²) in [6.07, 6.45) is 1.82. The lowest BCUT2D eigenvalue weighted by atomic mass is 10.2. The fraction of sp³-hybridized carbons (Fsp3) is 0. The number of hydrogen-bond acceptors (Lipinski definition) is 3. The molecule has 0 aliphatic carbocycles. The van der Waals surface area contributed by atoms with Crippen LogP contribution in [0.15, 0.2) is 45.2 Å². The van der Waals surface area contributed by atoms with Crippen LogP contribution in [-0.2, 0) is 0 Å². The fourth-order valence-electron chi connectivity index (χ4n) is 1.16. The molecular weight excluding hydrogens is 284 g/mol. The van der Waals surface area contributed by atoms with Gasteiger partial charge in [-0.05, 0) is 52.3 Å². The number of nitriles is 1. The van der Waals surface area contributed by atoms with E-state index in [0.29, 0.717) is 5.56 Å². The van der Waals surface area contributed by atoms with Gasteiger partial charge in [0.05, 0.1) is 21.1 Å². The van der Waals surface area contributed by atoms with Gasteiger partial charge in [-0.2, -0.15) is 5.26 Å². The zero-order valence-electron chi connectivity index (χ0n) is 8.22. The third-order valence-corrected chi connectivity index (χ3v) is 3.49. The minimum atomic E-state index is 0.651. The Bertz CT molecular complexity index is 549. The second kappa shape index (κ2) is 5.06. The van der Waals surface area contributed by atoms with E-state index in [1.165, 1.54) is 0 Å². The van der Waals surface area contributed by atoms with Crippen LogP contribution in [0.3, 0.4) is 0 Å². The summed E-state index contributed by atoms with van der Waals surface area (Å²) in [5.41, 5.74) is 1.50. The number of thiophene rings is 1. The van der Waals surface area contributed by atoms with E-state index in [-0.39, 0.29) is 0 Å². The normalized spacial score (nSPS) is 10.5. The van der Waals surface area contributed by atoms with Gasteiger partial charge in [0, 0.05) is 11.1 Å². The van der Waals surface area contributed by atoms with Gasteiger partial charge in [-0.1, -0.05) is 0 Å². The van der Waals surface area contributed by atoms with Crippen molar-refractivity contribution < 1.29 is 0 Å². The van der Waals surface area contributed by atoms with E-state index in [9.17, 15) is 0 Å². The van der Waals surface area contributed by atoms with Gasteiger partial charge >= 0.3 is 0 Å². The molecule has 0 radical (unpaired) electrons. The average molecular weight is 291 g/mol. The summed E-state index contributed by atoms with van der Waals surface area (Å²) < 4.78 is 1.09. The number of halogens is 1. The smallest absolute Gasteiger partial charge is 0.0991 e. The van der Waals surface area contributed by atoms with Gasteiger partial charge in [-0.25, -0.2) is 0 Å². The van der Waals surface area contributed by atoms with E-state index >= 15 is 0 Å². The molecule has 16 heavy (non-hydrogen) atoms. The number of aliphatic imine (C=N–C) groups is 1. The fourth-order valence-corrected chi connectivity index (χ4v) is 2.45. The van der Waals surface area contributed by atoms with Gasteiger partial charge in [-0.3, -0.25) is 4.99 Å². The van der Waals surface area contributed by atoms with Crippen LogP contribution in [0.25, 0.3) is 0 Å². The largest absolute Gasteiger partial charge is 0.255 e. The topological polar surface area (TPSA) is 36.1 Å². The molecule has 2 aromatic rings. The van der Waals surface area contributed by atoms with Gasteiger partial charge in [0.15, 0.2) is 0 Å². The zero-order valence-corrected chi connectivity index (χ0v) is 10.6. The third kappa shape index (κ3) is 2.78. The Morgan fingerprint density at radius 3 is 2.50 bits per heavy atom. The molecule has 1 aromatic carbocycles. The first-order valence-electron chi connectivity index (χ1n) is 4.57. The Morgan fingerprint density at radius 2 is 1.94 bits per heavy atom. The highest BCUT2D eigenvalue weighted by Crippen LogP contribution is 2.21. The monoisotopic (exact) mass is 290 g/mol. The molecule has 0 saturated carbocycles. The van der Waals surface area contributed by atoms with Crippen LogP contribution in [0.2, 0.25) is 0 Å². The third-order valence-electron chi connectivity index (χ3n) is 1.93. The van der Waals surface area contributed by atoms with E-state index in [1.807, 2.05) is 30.5 Å². The van der Waals surface area contributed by atoms with Crippen molar-refractivity contribution in [3.63, 3.8) is 0 Å². The second-order valence-corrected chi connectivity index (χ2v) is 5.55. The summed E-state index contributed by atoms with van der Waals surface area (Å²) in [6.45, 7) is 0. The quantitative estimate of drug-likeness (QED) is 0.766. The summed E-state index contributed by atoms with van der Waals surface area (Å²) in [7, 11) is 0. The van der Waals surface area contributed by atoms with Crippen LogP contribution in [0.4, 0.5) is 5.69 Å². The minimum absolute atomic E-state index is 0.651. The van der Waals surface area contributed by atoms with E-state index in [4.69, 9.17) is 5.26 Å². The van der Waals surface area contributed by atoms with Crippen molar-refractivity contribution in [2.24, 2.45) is 4.99 Å². The molecule has 2 rings (SSSR count). The molecule has 4 heteroatoms. The lowest BCUT2D eigenvalue weighted by Gasteiger charge is -1.92. The van der Waals surface area contributed by atoms with Crippen molar-refractivity contribution in [1.29, 1.82) is 5.26 Å². The van der Waals surface area contributed by atoms with E-state index in [1.54, 1.807) is 23.5 Å². The molecule has 78 valence electrons. The predicted molar refractivity (Wildman–Crippen MR) is 70.4 cm³/mol. The van der Waals surface area contributed by atoms with Crippen LogP contribution in [0, 0.1) is 11.3 Å². The maximum Gasteiger partial charge on any atom is 0.0991 e. The molecule has 0 unspecified atom stereocenters. The van der Waals surface area contributed by atoms with Crippen molar-refractivity contribution in [3.05, 3.63) is 50.6 Å². The number of benzene rings is 1. The summed E-state index contributed by atoms with van der Waals surface area (Å²) in [4.78, 5) is 5.41. The Labute approximate surface area is 106 Å². The maximum absolute atomic E-state index is 8.65. The van der Waals surface area contributed by atoms with E-state index in [0.717, 1.165) is 14.4 Å². The lowest BCUT2D eigenvalue weighted by Crippen LogP contribution is -1.73. The Kier molecular flexibility index (Phi) is 3.50. The summed E-state index contributed by atoms with van der Waals surface area (Å²) in [5, 5.41) is 8.65. The first-order chi connectivity index (χ1) is 7.78. The van der Waals surface area contributed by atoms with E-state index in [2.05, 4.69) is 27.0 Å². The Hall–Kier alpha value is -1.44.